The van der Waals surface area contributed by atoms with Gasteiger partial charge in [0.05, 0.1) is 6.42 Å². The SMILES string of the molecule is Cc1ccc(CC(=O)NCc2ccc(N3CCC[C@H](C)C3)cc2)c(C)c1. The Morgan fingerprint density at radius 2 is 1.92 bits per heavy atom. The summed E-state index contributed by atoms with van der Waals surface area (Å²) >= 11 is 0. The molecule has 1 heterocycles. The number of aryl methyl sites for hydroxylation is 2. The van der Waals surface area contributed by atoms with Crippen LogP contribution < -0.4 is 10.2 Å². The van der Waals surface area contributed by atoms with E-state index in [1.165, 1.54) is 29.7 Å². The van der Waals surface area contributed by atoms with Crippen LogP contribution in [0, 0.1) is 19.8 Å². The highest BCUT2D eigenvalue weighted by Gasteiger charge is 2.16. The Kier molecular flexibility index (Phi) is 5.97. The molecule has 1 amide bonds. The standard InChI is InChI=1S/C23H30N2O/c1-17-6-9-21(19(3)13-17)14-23(26)24-15-20-7-10-22(11-8-20)25-12-4-5-18(2)16-25/h6-11,13,18H,4-5,12,14-16H2,1-3H3,(H,24,26)/t18-/m0/s1. The second-order valence-corrected chi connectivity index (χ2v) is 7.74. The van der Waals surface area contributed by atoms with Crippen LogP contribution in [0.15, 0.2) is 42.5 Å². The van der Waals surface area contributed by atoms with E-state index in [9.17, 15) is 4.79 Å². The number of benzene rings is 2. The molecule has 0 unspecified atom stereocenters. The zero-order valence-electron chi connectivity index (χ0n) is 16.2. The van der Waals surface area contributed by atoms with Crippen molar-refractivity contribution in [1.82, 2.24) is 5.32 Å². The van der Waals surface area contributed by atoms with E-state index in [4.69, 9.17) is 0 Å². The maximum Gasteiger partial charge on any atom is 0.224 e. The van der Waals surface area contributed by atoms with Crippen LogP contribution in [0.4, 0.5) is 5.69 Å². The third kappa shape index (κ3) is 4.87. The van der Waals surface area contributed by atoms with Gasteiger partial charge in [0, 0.05) is 25.3 Å². The molecular formula is C23H30N2O. The molecule has 0 spiro atoms. The van der Waals surface area contributed by atoms with Crippen molar-refractivity contribution < 1.29 is 4.79 Å². The molecular weight excluding hydrogens is 320 g/mol. The molecule has 2 aromatic carbocycles. The summed E-state index contributed by atoms with van der Waals surface area (Å²) in [5, 5.41) is 3.04. The van der Waals surface area contributed by atoms with Gasteiger partial charge in [-0.2, -0.15) is 0 Å². The van der Waals surface area contributed by atoms with Gasteiger partial charge in [-0.25, -0.2) is 0 Å². The van der Waals surface area contributed by atoms with E-state index in [-0.39, 0.29) is 5.91 Å². The van der Waals surface area contributed by atoms with E-state index < -0.39 is 0 Å². The third-order valence-electron chi connectivity index (χ3n) is 5.30. The molecule has 2 aromatic rings. The van der Waals surface area contributed by atoms with E-state index in [1.807, 2.05) is 0 Å². The quantitative estimate of drug-likeness (QED) is 0.867. The molecule has 0 aromatic heterocycles. The van der Waals surface area contributed by atoms with Gasteiger partial charge in [-0.3, -0.25) is 4.79 Å². The molecule has 0 saturated carbocycles. The van der Waals surface area contributed by atoms with Crippen molar-refractivity contribution in [3.05, 3.63) is 64.7 Å². The van der Waals surface area contributed by atoms with Crippen LogP contribution in [0.25, 0.3) is 0 Å². The molecule has 3 heteroatoms. The molecule has 3 rings (SSSR count). The van der Waals surface area contributed by atoms with Crippen molar-refractivity contribution >= 4 is 11.6 Å². The average molecular weight is 351 g/mol. The molecule has 0 aliphatic carbocycles. The zero-order chi connectivity index (χ0) is 18.5. The maximum absolute atomic E-state index is 12.3. The fraction of sp³-hybridized carbons (Fsp3) is 0.435. The Morgan fingerprint density at radius 1 is 1.15 bits per heavy atom. The number of anilines is 1. The minimum Gasteiger partial charge on any atom is -0.371 e. The molecule has 1 saturated heterocycles. The van der Waals surface area contributed by atoms with Crippen molar-refractivity contribution in [2.75, 3.05) is 18.0 Å². The van der Waals surface area contributed by atoms with Crippen LogP contribution in [0.2, 0.25) is 0 Å². The van der Waals surface area contributed by atoms with Crippen molar-refractivity contribution in [2.24, 2.45) is 5.92 Å². The molecule has 1 N–H and O–H groups in total. The van der Waals surface area contributed by atoms with Gasteiger partial charge < -0.3 is 10.2 Å². The van der Waals surface area contributed by atoms with Crippen LogP contribution in [-0.4, -0.2) is 19.0 Å². The highest BCUT2D eigenvalue weighted by Crippen LogP contribution is 2.23. The van der Waals surface area contributed by atoms with Gasteiger partial charge >= 0.3 is 0 Å². The van der Waals surface area contributed by atoms with Crippen molar-refractivity contribution in [3.8, 4) is 0 Å². The molecule has 138 valence electrons. The van der Waals surface area contributed by atoms with Crippen molar-refractivity contribution in [3.63, 3.8) is 0 Å². The zero-order valence-corrected chi connectivity index (χ0v) is 16.2. The minimum atomic E-state index is 0.0749. The maximum atomic E-state index is 12.3. The highest BCUT2D eigenvalue weighted by molar-refractivity contribution is 5.79. The number of carbonyl (C=O) groups excluding carboxylic acids is 1. The lowest BCUT2D eigenvalue weighted by molar-refractivity contribution is -0.120. The van der Waals surface area contributed by atoms with Crippen LogP contribution in [0.3, 0.4) is 0 Å². The third-order valence-corrected chi connectivity index (χ3v) is 5.30. The number of carbonyl (C=O) groups is 1. The van der Waals surface area contributed by atoms with Gasteiger partial charge in [0.1, 0.15) is 0 Å². The van der Waals surface area contributed by atoms with Gasteiger partial charge in [0.2, 0.25) is 5.91 Å². The molecule has 1 aliphatic rings. The minimum absolute atomic E-state index is 0.0749. The van der Waals surface area contributed by atoms with Gasteiger partial charge in [0.15, 0.2) is 0 Å². The van der Waals surface area contributed by atoms with Crippen LogP contribution in [0.1, 0.15) is 42.0 Å². The molecule has 26 heavy (non-hydrogen) atoms. The first-order valence-corrected chi connectivity index (χ1v) is 9.68. The fourth-order valence-corrected chi connectivity index (χ4v) is 3.73. The molecule has 1 fully saturated rings. The molecule has 0 radical (unpaired) electrons. The topological polar surface area (TPSA) is 32.3 Å². The van der Waals surface area contributed by atoms with E-state index in [0.717, 1.165) is 30.1 Å². The number of rotatable bonds is 5. The van der Waals surface area contributed by atoms with Crippen molar-refractivity contribution in [1.29, 1.82) is 0 Å². The predicted molar refractivity (Wildman–Crippen MR) is 109 cm³/mol. The second kappa shape index (κ2) is 8.39. The first-order valence-electron chi connectivity index (χ1n) is 9.68. The Morgan fingerprint density at radius 3 is 2.62 bits per heavy atom. The summed E-state index contributed by atoms with van der Waals surface area (Å²) in [4.78, 5) is 14.7. The van der Waals surface area contributed by atoms with Gasteiger partial charge in [-0.1, -0.05) is 42.8 Å². The summed E-state index contributed by atoms with van der Waals surface area (Å²) in [5.41, 5.74) is 5.95. The van der Waals surface area contributed by atoms with Gasteiger partial charge in [-0.15, -0.1) is 0 Å². The van der Waals surface area contributed by atoms with E-state index in [0.29, 0.717) is 13.0 Å². The number of hydrogen-bond donors (Lipinski definition) is 1. The lowest BCUT2D eigenvalue weighted by Crippen LogP contribution is -2.34. The second-order valence-electron chi connectivity index (χ2n) is 7.74. The summed E-state index contributed by atoms with van der Waals surface area (Å²) in [6.45, 7) is 9.34. The first kappa shape index (κ1) is 18.5. The van der Waals surface area contributed by atoms with E-state index in [1.54, 1.807) is 0 Å². The number of piperidine rings is 1. The summed E-state index contributed by atoms with van der Waals surface area (Å²) in [7, 11) is 0. The lowest BCUT2D eigenvalue weighted by atomic mass is 9.99. The Hall–Kier alpha value is -2.29. The fourth-order valence-electron chi connectivity index (χ4n) is 3.73. The monoisotopic (exact) mass is 350 g/mol. The normalized spacial score (nSPS) is 17.2. The summed E-state index contributed by atoms with van der Waals surface area (Å²) in [5.74, 6) is 0.846. The summed E-state index contributed by atoms with van der Waals surface area (Å²) < 4.78 is 0. The summed E-state index contributed by atoms with van der Waals surface area (Å²) in [6.07, 6.45) is 3.05. The Labute approximate surface area is 157 Å². The molecule has 3 nitrogen and oxygen atoms in total. The highest BCUT2D eigenvalue weighted by atomic mass is 16.1. The Balaban J connectivity index is 1.52. The molecule has 1 aliphatic heterocycles. The van der Waals surface area contributed by atoms with Crippen LogP contribution >= 0.6 is 0 Å². The van der Waals surface area contributed by atoms with E-state index >= 15 is 0 Å². The molecule has 1 atom stereocenters. The van der Waals surface area contributed by atoms with Crippen molar-refractivity contribution in [2.45, 2.75) is 46.6 Å². The average Bonchev–Trinajstić information content (AvgIpc) is 2.63. The van der Waals surface area contributed by atoms with Crippen LogP contribution in [-0.2, 0) is 17.8 Å². The van der Waals surface area contributed by atoms with Crippen LogP contribution in [0.5, 0.6) is 0 Å². The van der Waals surface area contributed by atoms with Gasteiger partial charge in [0.25, 0.3) is 0 Å². The number of hydrogen-bond acceptors (Lipinski definition) is 2. The van der Waals surface area contributed by atoms with E-state index in [2.05, 4.69) is 73.5 Å². The molecule has 0 bridgehead atoms. The smallest absolute Gasteiger partial charge is 0.224 e. The predicted octanol–water partition coefficient (Wildman–Crippen LogP) is 4.40. The number of amides is 1. The Bertz CT molecular complexity index is 751. The first-order chi connectivity index (χ1) is 12.5. The van der Waals surface area contributed by atoms with Gasteiger partial charge in [-0.05, 0) is 61.4 Å². The largest absolute Gasteiger partial charge is 0.371 e. The number of nitrogens with one attached hydrogen (secondary N) is 1. The summed E-state index contributed by atoms with van der Waals surface area (Å²) in [6, 6.07) is 14.9. The lowest BCUT2D eigenvalue weighted by Gasteiger charge is -2.32. The number of nitrogens with zero attached hydrogens (tertiary/aromatic N) is 1.